The number of sulfone groups is 1. The van der Waals surface area contributed by atoms with Crippen molar-refractivity contribution in [1.82, 2.24) is 5.43 Å². The Kier molecular flexibility index (Phi) is 4.39. The number of methoxy groups -OCH3 is 1. The number of ether oxygens (including phenoxy) is 1. The smallest absolute Gasteiger partial charge is 0.244 e. The number of hydrazone groups is 1. The Labute approximate surface area is 135 Å². The number of carbonyl (C=O) groups excluding carboxylic acids is 1. The zero-order valence-electron chi connectivity index (χ0n) is 13.0. The number of aryl methyl sites for hydroxylation is 1. The van der Waals surface area contributed by atoms with E-state index in [1.165, 1.54) is 0 Å². The van der Waals surface area contributed by atoms with Crippen LogP contribution < -0.4 is 10.2 Å². The van der Waals surface area contributed by atoms with Crippen LogP contribution in [0.15, 0.2) is 23.3 Å². The van der Waals surface area contributed by atoms with Gasteiger partial charge in [0, 0.05) is 5.56 Å². The molecule has 1 aromatic rings. The summed E-state index contributed by atoms with van der Waals surface area (Å²) < 4.78 is 28.1. The molecule has 23 heavy (non-hydrogen) atoms. The van der Waals surface area contributed by atoms with Crippen LogP contribution in [0.2, 0.25) is 0 Å². The molecule has 3 rings (SSSR count). The minimum atomic E-state index is -3.06. The highest BCUT2D eigenvalue weighted by atomic mass is 32.2. The van der Waals surface area contributed by atoms with E-state index < -0.39 is 15.8 Å². The molecular weight excluding hydrogens is 316 g/mol. The molecule has 1 atom stereocenters. The summed E-state index contributed by atoms with van der Waals surface area (Å²) in [5.41, 5.74) is 5.57. The van der Waals surface area contributed by atoms with Crippen molar-refractivity contribution in [1.29, 1.82) is 0 Å². The van der Waals surface area contributed by atoms with Gasteiger partial charge in [-0.25, -0.2) is 13.8 Å². The summed E-state index contributed by atoms with van der Waals surface area (Å²) in [6.45, 7) is 0. The van der Waals surface area contributed by atoms with E-state index in [1.807, 2.05) is 18.2 Å². The van der Waals surface area contributed by atoms with Gasteiger partial charge in [-0.05, 0) is 49.4 Å². The third-order valence-electron chi connectivity index (χ3n) is 4.39. The Morgan fingerprint density at radius 3 is 2.87 bits per heavy atom. The molecule has 2 aliphatic rings. The van der Waals surface area contributed by atoms with Crippen LogP contribution in [0.4, 0.5) is 0 Å². The number of nitrogens with zero attached hydrogens (tertiary/aromatic N) is 1. The predicted molar refractivity (Wildman–Crippen MR) is 87.4 cm³/mol. The molecule has 1 aromatic carbocycles. The van der Waals surface area contributed by atoms with E-state index in [0.29, 0.717) is 6.42 Å². The van der Waals surface area contributed by atoms with Crippen molar-refractivity contribution in [3.8, 4) is 5.75 Å². The van der Waals surface area contributed by atoms with E-state index in [1.54, 1.807) is 7.11 Å². The number of hydrogen-bond donors (Lipinski definition) is 1. The molecule has 1 saturated heterocycles. The standard InChI is InChI=1S/C16H20N2O4S/c1-22-13-5-6-14-11(9-13)3-2-4-15(14)17-18-16(19)12-7-8-23(20,21)10-12/h5-6,9,12H,2-4,7-8,10H2,1H3,(H,18,19)/b17-15-/t12-/m1/s1. The lowest BCUT2D eigenvalue weighted by Gasteiger charge is -2.18. The lowest BCUT2D eigenvalue weighted by Crippen LogP contribution is -2.29. The van der Waals surface area contributed by atoms with Crippen LogP contribution in [0.1, 0.15) is 30.4 Å². The summed E-state index contributed by atoms with van der Waals surface area (Å²) in [6.07, 6.45) is 3.10. The Bertz CT molecular complexity index is 755. The van der Waals surface area contributed by atoms with Gasteiger partial charge in [0.15, 0.2) is 9.84 Å². The van der Waals surface area contributed by atoms with Gasteiger partial charge in [-0.3, -0.25) is 4.79 Å². The molecule has 6 nitrogen and oxygen atoms in total. The second-order valence-corrected chi connectivity index (χ2v) is 8.24. The second-order valence-electron chi connectivity index (χ2n) is 6.01. The van der Waals surface area contributed by atoms with Crippen molar-refractivity contribution in [2.45, 2.75) is 25.7 Å². The lowest BCUT2D eigenvalue weighted by molar-refractivity contribution is -0.124. The van der Waals surface area contributed by atoms with Crippen molar-refractivity contribution in [3.63, 3.8) is 0 Å². The fourth-order valence-electron chi connectivity index (χ4n) is 3.10. The number of benzene rings is 1. The molecule has 1 fully saturated rings. The van der Waals surface area contributed by atoms with Crippen molar-refractivity contribution in [3.05, 3.63) is 29.3 Å². The van der Waals surface area contributed by atoms with E-state index in [-0.39, 0.29) is 17.4 Å². The van der Waals surface area contributed by atoms with Gasteiger partial charge in [0.25, 0.3) is 0 Å². The molecule has 0 spiro atoms. The first-order valence-corrected chi connectivity index (χ1v) is 9.55. The highest BCUT2D eigenvalue weighted by Gasteiger charge is 2.33. The Hall–Kier alpha value is -1.89. The van der Waals surface area contributed by atoms with Crippen LogP contribution in [-0.2, 0) is 21.1 Å². The third-order valence-corrected chi connectivity index (χ3v) is 6.16. The first-order valence-electron chi connectivity index (χ1n) is 7.72. The predicted octanol–water partition coefficient (Wildman–Crippen LogP) is 1.29. The summed E-state index contributed by atoms with van der Waals surface area (Å²) in [5.74, 6) is 0.0366. The number of amides is 1. The van der Waals surface area contributed by atoms with Crippen LogP contribution >= 0.6 is 0 Å². The van der Waals surface area contributed by atoms with Crippen LogP contribution in [-0.4, -0.2) is 38.7 Å². The van der Waals surface area contributed by atoms with E-state index >= 15 is 0 Å². The number of rotatable bonds is 3. The number of hydrogen-bond acceptors (Lipinski definition) is 5. The molecule has 1 N–H and O–H groups in total. The number of fused-ring (bicyclic) bond motifs is 1. The molecule has 1 heterocycles. The first-order chi connectivity index (χ1) is 11.0. The van der Waals surface area contributed by atoms with Gasteiger partial charge in [0.1, 0.15) is 5.75 Å². The topological polar surface area (TPSA) is 84.8 Å². The largest absolute Gasteiger partial charge is 0.497 e. The Morgan fingerprint density at radius 2 is 2.17 bits per heavy atom. The van der Waals surface area contributed by atoms with Crippen LogP contribution in [0.3, 0.4) is 0 Å². The SMILES string of the molecule is COc1ccc2c(c1)CCC/C2=N/NC(=O)[C@@H]1CCS(=O)(=O)C1. The average Bonchev–Trinajstić information content (AvgIpc) is 2.92. The van der Waals surface area contributed by atoms with Crippen molar-refractivity contribution < 1.29 is 17.9 Å². The molecule has 7 heteroatoms. The van der Waals surface area contributed by atoms with Crippen LogP contribution in [0, 0.1) is 5.92 Å². The van der Waals surface area contributed by atoms with E-state index in [2.05, 4.69) is 10.5 Å². The number of carbonyl (C=O) groups is 1. The van der Waals surface area contributed by atoms with Gasteiger partial charge in [-0.2, -0.15) is 5.10 Å². The van der Waals surface area contributed by atoms with E-state index in [0.717, 1.165) is 41.9 Å². The zero-order chi connectivity index (χ0) is 16.4. The normalized spacial score (nSPS) is 24.2. The highest BCUT2D eigenvalue weighted by molar-refractivity contribution is 7.91. The molecule has 0 aromatic heterocycles. The summed E-state index contributed by atoms with van der Waals surface area (Å²) in [6, 6.07) is 5.83. The molecule has 0 saturated carbocycles. The second kappa shape index (κ2) is 6.31. The average molecular weight is 336 g/mol. The molecule has 1 amide bonds. The maximum atomic E-state index is 12.1. The van der Waals surface area contributed by atoms with Crippen molar-refractivity contribution in [2.24, 2.45) is 11.0 Å². The first kappa shape index (κ1) is 16.0. The van der Waals surface area contributed by atoms with Gasteiger partial charge in [0.05, 0.1) is 30.2 Å². The molecule has 0 unspecified atom stereocenters. The minimum absolute atomic E-state index is 0.0720. The van der Waals surface area contributed by atoms with Crippen LogP contribution in [0.25, 0.3) is 0 Å². The monoisotopic (exact) mass is 336 g/mol. The summed E-state index contributed by atoms with van der Waals surface area (Å²) in [5, 5.41) is 4.25. The van der Waals surface area contributed by atoms with Gasteiger partial charge in [0.2, 0.25) is 5.91 Å². The molecule has 0 bridgehead atoms. The fourth-order valence-corrected chi connectivity index (χ4v) is 4.84. The quantitative estimate of drug-likeness (QED) is 0.843. The van der Waals surface area contributed by atoms with Gasteiger partial charge >= 0.3 is 0 Å². The summed E-state index contributed by atoms with van der Waals surface area (Å²) >= 11 is 0. The maximum Gasteiger partial charge on any atom is 0.244 e. The maximum absolute atomic E-state index is 12.1. The van der Waals surface area contributed by atoms with E-state index in [4.69, 9.17) is 4.74 Å². The Balaban J connectivity index is 1.73. The van der Waals surface area contributed by atoms with Crippen molar-refractivity contribution >= 4 is 21.5 Å². The van der Waals surface area contributed by atoms with Crippen molar-refractivity contribution in [2.75, 3.05) is 18.6 Å². The third kappa shape index (κ3) is 3.55. The molecule has 1 aliphatic heterocycles. The van der Waals surface area contributed by atoms with Gasteiger partial charge < -0.3 is 4.74 Å². The molecule has 124 valence electrons. The fraction of sp³-hybridized carbons (Fsp3) is 0.500. The molecular formula is C16H20N2O4S. The van der Waals surface area contributed by atoms with E-state index in [9.17, 15) is 13.2 Å². The van der Waals surface area contributed by atoms with Crippen LogP contribution in [0.5, 0.6) is 5.75 Å². The molecule has 1 aliphatic carbocycles. The van der Waals surface area contributed by atoms with Gasteiger partial charge in [-0.15, -0.1) is 0 Å². The number of nitrogens with one attached hydrogen (secondary N) is 1. The summed E-state index contributed by atoms with van der Waals surface area (Å²) in [4.78, 5) is 12.1. The minimum Gasteiger partial charge on any atom is -0.497 e. The lowest BCUT2D eigenvalue weighted by atomic mass is 9.90. The summed E-state index contributed by atoms with van der Waals surface area (Å²) in [7, 11) is -1.43. The zero-order valence-corrected chi connectivity index (χ0v) is 13.9. The Morgan fingerprint density at radius 1 is 1.35 bits per heavy atom. The highest BCUT2D eigenvalue weighted by Crippen LogP contribution is 2.26. The van der Waals surface area contributed by atoms with Gasteiger partial charge in [-0.1, -0.05) is 0 Å². The molecule has 0 radical (unpaired) electrons.